The third kappa shape index (κ3) is 4.78. The maximum Gasteiger partial charge on any atom is 0.255 e. The molecule has 1 fully saturated rings. The lowest BCUT2D eigenvalue weighted by atomic mass is 10.1. The first-order valence-corrected chi connectivity index (χ1v) is 8.63. The van der Waals surface area contributed by atoms with Crippen molar-refractivity contribution in [2.24, 2.45) is 0 Å². The van der Waals surface area contributed by atoms with Gasteiger partial charge in [-0.3, -0.25) is 14.6 Å². The molecule has 1 saturated heterocycles. The second-order valence-electron chi connectivity index (χ2n) is 6.25. The average molecular weight is 317 g/mol. The molecule has 126 valence electrons. The maximum atomic E-state index is 12.6. The summed E-state index contributed by atoms with van der Waals surface area (Å²) in [6.45, 7) is 4.42. The zero-order valence-corrected chi connectivity index (χ0v) is 14.3. The number of rotatable bonds is 5. The Balaban J connectivity index is 2.09. The van der Waals surface area contributed by atoms with Gasteiger partial charge >= 0.3 is 0 Å². The SMILES string of the molecule is CCCCN(C)C(=O)c1cncc(C(=O)N2CCCCCC2)c1. The van der Waals surface area contributed by atoms with E-state index in [1.807, 2.05) is 4.90 Å². The lowest BCUT2D eigenvalue weighted by Crippen LogP contribution is -2.32. The van der Waals surface area contributed by atoms with Crippen LogP contribution in [0.3, 0.4) is 0 Å². The van der Waals surface area contributed by atoms with Crippen LogP contribution in [-0.2, 0) is 0 Å². The summed E-state index contributed by atoms with van der Waals surface area (Å²) in [5.74, 6) is -0.0817. The Morgan fingerprint density at radius 3 is 2.43 bits per heavy atom. The van der Waals surface area contributed by atoms with Gasteiger partial charge in [-0.05, 0) is 25.3 Å². The number of hydrogen-bond donors (Lipinski definition) is 0. The van der Waals surface area contributed by atoms with Crippen molar-refractivity contribution < 1.29 is 9.59 Å². The average Bonchev–Trinajstić information content (AvgIpc) is 2.87. The van der Waals surface area contributed by atoms with Crippen molar-refractivity contribution in [1.82, 2.24) is 14.8 Å². The molecule has 1 aliphatic rings. The van der Waals surface area contributed by atoms with E-state index in [9.17, 15) is 9.59 Å². The summed E-state index contributed by atoms with van der Waals surface area (Å²) < 4.78 is 0. The van der Waals surface area contributed by atoms with E-state index in [1.165, 1.54) is 12.8 Å². The molecule has 5 nitrogen and oxygen atoms in total. The molecule has 5 heteroatoms. The number of nitrogens with zero attached hydrogens (tertiary/aromatic N) is 3. The monoisotopic (exact) mass is 317 g/mol. The molecule has 1 aromatic rings. The highest BCUT2D eigenvalue weighted by molar-refractivity contribution is 5.99. The van der Waals surface area contributed by atoms with Crippen molar-refractivity contribution in [2.45, 2.75) is 45.4 Å². The van der Waals surface area contributed by atoms with Gasteiger partial charge < -0.3 is 9.80 Å². The molecule has 0 spiro atoms. The predicted octanol–water partition coefficient (Wildman–Crippen LogP) is 2.97. The number of carbonyl (C=O) groups is 2. The van der Waals surface area contributed by atoms with Gasteiger partial charge in [0.25, 0.3) is 11.8 Å². The highest BCUT2D eigenvalue weighted by Crippen LogP contribution is 2.14. The molecule has 0 bridgehead atoms. The van der Waals surface area contributed by atoms with Crippen LogP contribution < -0.4 is 0 Å². The Morgan fingerprint density at radius 2 is 1.78 bits per heavy atom. The lowest BCUT2D eigenvalue weighted by molar-refractivity contribution is 0.0761. The lowest BCUT2D eigenvalue weighted by Gasteiger charge is -2.21. The van der Waals surface area contributed by atoms with E-state index >= 15 is 0 Å². The van der Waals surface area contributed by atoms with Crippen molar-refractivity contribution in [3.63, 3.8) is 0 Å². The van der Waals surface area contributed by atoms with Gasteiger partial charge in [0, 0.05) is 39.1 Å². The molecule has 0 radical (unpaired) electrons. The van der Waals surface area contributed by atoms with Gasteiger partial charge in [-0.1, -0.05) is 26.2 Å². The molecule has 0 saturated carbocycles. The molecule has 0 N–H and O–H groups in total. The van der Waals surface area contributed by atoms with Crippen molar-refractivity contribution in [2.75, 3.05) is 26.7 Å². The zero-order chi connectivity index (χ0) is 16.7. The quantitative estimate of drug-likeness (QED) is 0.839. The minimum absolute atomic E-state index is 0.00902. The van der Waals surface area contributed by atoms with Gasteiger partial charge in [0.05, 0.1) is 11.1 Å². The number of hydrogen-bond acceptors (Lipinski definition) is 3. The molecule has 2 rings (SSSR count). The molecular weight excluding hydrogens is 290 g/mol. The second kappa shape index (κ2) is 8.65. The smallest absolute Gasteiger partial charge is 0.255 e. The Labute approximate surface area is 138 Å². The summed E-state index contributed by atoms with van der Waals surface area (Å²) in [6, 6.07) is 1.69. The van der Waals surface area contributed by atoms with Crippen LogP contribution in [0.4, 0.5) is 0 Å². The van der Waals surface area contributed by atoms with Gasteiger partial charge in [-0.15, -0.1) is 0 Å². The summed E-state index contributed by atoms with van der Waals surface area (Å²) in [5, 5.41) is 0. The summed E-state index contributed by atoms with van der Waals surface area (Å²) in [5.41, 5.74) is 1.01. The Morgan fingerprint density at radius 1 is 1.13 bits per heavy atom. The van der Waals surface area contributed by atoms with Crippen LogP contribution in [0, 0.1) is 0 Å². The zero-order valence-electron chi connectivity index (χ0n) is 14.3. The first-order valence-electron chi connectivity index (χ1n) is 8.63. The maximum absolute atomic E-state index is 12.6. The van der Waals surface area contributed by atoms with Gasteiger partial charge in [-0.2, -0.15) is 0 Å². The molecule has 0 unspecified atom stereocenters. The predicted molar refractivity (Wildman–Crippen MR) is 90.5 cm³/mol. The van der Waals surface area contributed by atoms with Crippen molar-refractivity contribution in [3.05, 3.63) is 29.6 Å². The van der Waals surface area contributed by atoms with E-state index in [0.29, 0.717) is 11.1 Å². The van der Waals surface area contributed by atoms with Gasteiger partial charge in [0.15, 0.2) is 0 Å². The third-order valence-corrected chi connectivity index (χ3v) is 4.32. The van der Waals surface area contributed by atoms with Crippen LogP contribution in [0.15, 0.2) is 18.5 Å². The molecule has 0 aromatic carbocycles. The topological polar surface area (TPSA) is 53.5 Å². The number of likely N-dealkylation sites (tertiary alicyclic amines) is 1. The molecule has 1 aliphatic heterocycles. The van der Waals surface area contributed by atoms with Crippen LogP contribution >= 0.6 is 0 Å². The van der Waals surface area contributed by atoms with E-state index in [1.54, 1.807) is 30.4 Å². The van der Waals surface area contributed by atoms with Gasteiger partial charge in [0.2, 0.25) is 0 Å². The third-order valence-electron chi connectivity index (χ3n) is 4.32. The fourth-order valence-electron chi connectivity index (χ4n) is 2.85. The Bertz CT molecular complexity index is 537. The normalized spacial score (nSPS) is 15.1. The van der Waals surface area contributed by atoms with Crippen LogP contribution in [-0.4, -0.2) is 53.3 Å². The van der Waals surface area contributed by atoms with Crippen molar-refractivity contribution in [1.29, 1.82) is 0 Å². The van der Waals surface area contributed by atoms with E-state index in [4.69, 9.17) is 0 Å². The molecule has 0 atom stereocenters. The Hall–Kier alpha value is -1.91. The van der Waals surface area contributed by atoms with Gasteiger partial charge in [0.1, 0.15) is 0 Å². The van der Waals surface area contributed by atoms with E-state index in [-0.39, 0.29) is 11.8 Å². The summed E-state index contributed by atoms with van der Waals surface area (Å²) in [7, 11) is 1.79. The fraction of sp³-hybridized carbons (Fsp3) is 0.611. The van der Waals surface area contributed by atoms with E-state index < -0.39 is 0 Å². The molecule has 23 heavy (non-hydrogen) atoms. The highest BCUT2D eigenvalue weighted by Gasteiger charge is 2.19. The largest absolute Gasteiger partial charge is 0.342 e. The standard InChI is InChI=1S/C18H27N3O2/c1-3-4-9-20(2)17(22)15-12-16(14-19-13-15)18(23)21-10-7-5-6-8-11-21/h12-14H,3-11H2,1-2H3. The summed E-state index contributed by atoms with van der Waals surface area (Å²) in [6.07, 6.45) is 9.60. The number of amides is 2. The van der Waals surface area contributed by atoms with Crippen LogP contribution in [0.5, 0.6) is 0 Å². The highest BCUT2D eigenvalue weighted by atomic mass is 16.2. The van der Waals surface area contributed by atoms with E-state index in [2.05, 4.69) is 11.9 Å². The number of pyridine rings is 1. The van der Waals surface area contributed by atoms with E-state index in [0.717, 1.165) is 45.3 Å². The first-order chi connectivity index (χ1) is 11.1. The molecular formula is C18H27N3O2. The van der Waals surface area contributed by atoms with Crippen molar-refractivity contribution in [3.8, 4) is 0 Å². The van der Waals surface area contributed by atoms with Crippen LogP contribution in [0.2, 0.25) is 0 Å². The molecule has 1 aromatic heterocycles. The van der Waals surface area contributed by atoms with Crippen molar-refractivity contribution >= 4 is 11.8 Å². The molecule has 2 heterocycles. The van der Waals surface area contributed by atoms with Crippen LogP contribution in [0.25, 0.3) is 0 Å². The summed E-state index contributed by atoms with van der Waals surface area (Å²) in [4.78, 5) is 32.7. The molecule has 2 amide bonds. The van der Waals surface area contributed by atoms with Gasteiger partial charge in [-0.25, -0.2) is 0 Å². The number of unbranched alkanes of at least 4 members (excludes halogenated alkanes) is 1. The van der Waals surface area contributed by atoms with Crippen LogP contribution in [0.1, 0.15) is 66.2 Å². The second-order valence-corrected chi connectivity index (χ2v) is 6.25. The summed E-state index contributed by atoms with van der Waals surface area (Å²) >= 11 is 0. The fourth-order valence-corrected chi connectivity index (χ4v) is 2.85. The first kappa shape index (κ1) is 17.4. The number of carbonyl (C=O) groups excluding carboxylic acids is 2. The molecule has 0 aliphatic carbocycles. The minimum Gasteiger partial charge on any atom is -0.342 e. The minimum atomic E-state index is -0.0727. The Kier molecular flexibility index (Phi) is 6.56. The number of aromatic nitrogens is 1.